The normalized spacial score (nSPS) is 10.2. The third-order valence-corrected chi connectivity index (χ3v) is 3.97. The van der Waals surface area contributed by atoms with E-state index in [1.165, 1.54) is 83.5 Å². The fraction of sp³-hybridized carbons (Fsp3) is 0.941. The molecule has 122 valence electrons. The van der Waals surface area contributed by atoms with Gasteiger partial charge in [0.05, 0.1) is 6.61 Å². The minimum Gasteiger partial charge on any atom is -0.479 e. The topological polar surface area (TPSA) is 9.23 Å². The van der Waals surface area contributed by atoms with E-state index in [2.05, 4.69) is 19.6 Å². The summed E-state index contributed by atoms with van der Waals surface area (Å²) in [4.78, 5) is 0. The first-order chi connectivity index (χ1) is 9.77. The van der Waals surface area contributed by atoms with Crippen LogP contribution in [0.15, 0.2) is 0 Å². The standard InChI is InChI=1S/C17H34OS2.Zn/c1-2-3-4-5-6-7-8-9-10-11-12-13-14-15-16-18-17(19)20;/h2-16H2,1H3,(H,19,20);. The van der Waals surface area contributed by atoms with Crippen molar-refractivity contribution in [3.8, 4) is 0 Å². The van der Waals surface area contributed by atoms with Gasteiger partial charge in [-0.2, -0.15) is 0 Å². The van der Waals surface area contributed by atoms with Gasteiger partial charge in [-0.1, -0.05) is 103 Å². The number of unbranched alkanes of at least 4 members (excludes halogenated alkanes) is 13. The van der Waals surface area contributed by atoms with Crippen LogP contribution in [0.3, 0.4) is 0 Å². The third-order valence-electron chi connectivity index (χ3n) is 3.72. The molecule has 21 heavy (non-hydrogen) atoms. The molecule has 0 bridgehead atoms. The van der Waals surface area contributed by atoms with Crippen LogP contribution < -0.4 is 0 Å². The zero-order chi connectivity index (χ0) is 14.9. The Morgan fingerprint density at radius 2 is 1.05 bits per heavy atom. The van der Waals surface area contributed by atoms with Crippen LogP contribution >= 0.6 is 24.8 Å². The summed E-state index contributed by atoms with van der Waals surface area (Å²) in [5.41, 5.74) is 0. The second-order valence-electron chi connectivity index (χ2n) is 5.71. The number of hydrogen-bond donors (Lipinski definition) is 1. The van der Waals surface area contributed by atoms with Gasteiger partial charge in [-0.25, -0.2) is 0 Å². The van der Waals surface area contributed by atoms with Crippen LogP contribution in [0.4, 0.5) is 0 Å². The van der Waals surface area contributed by atoms with Gasteiger partial charge in [0.1, 0.15) is 0 Å². The van der Waals surface area contributed by atoms with Crippen molar-refractivity contribution in [3.63, 3.8) is 0 Å². The molecule has 0 saturated heterocycles. The molecule has 0 radical (unpaired) electrons. The molecule has 0 fully saturated rings. The molecule has 0 aliphatic rings. The van der Waals surface area contributed by atoms with Crippen molar-refractivity contribution in [1.82, 2.24) is 0 Å². The van der Waals surface area contributed by atoms with Crippen LogP contribution in [-0.2, 0) is 24.2 Å². The van der Waals surface area contributed by atoms with E-state index < -0.39 is 0 Å². The molecule has 0 aliphatic carbocycles. The molecule has 0 heterocycles. The zero-order valence-corrected chi connectivity index (χ0v) is 18.8. The van der Waals surface area contributed by atoms with E-state index in [1.807, 2.05) is 0 Å². The summed E-state index contributed by atoms with van der Waals surface area (Å²) in [5.74, 6) is 0. The van der Waals surface area contributed by atoms with Crippen molar-refractivity contribution < 1.29 is 24.2 Å². The van der Waals surface area contributed by atoms with Crippen LogP contribution in [0.5, 0.6) is 0 Å². The van der Waals surface area contributed by atoms with E-state index in [4.69, 9.17) is 17.0 Å². The summed E-state index contributed by atoms with van der Waals surface area (Å²) in [6, 6.07) is 0. The molecule has 4 heteroatoms. The van der Waals surface area contributed by atoms with Gasteiger partial charge >= 0.3 is 0 Å². The van der Waals surface area contributed by atoms with Crippen molar-refractivity contribution in [2.45, 2.75) is 96.8 Å². The van der Waals surface area contributed by atoms with Crippen LogP contribution in [0.1, 0.15) is 96.8 Å². The average molecular weight is 384 g/mol. The van der Waals surface area contributed by atoms with Gasteiger partial charge in [0.2, 0.25) is 4.38 Å². The second kappa shape index (κ2) is 20.9. The van der Waals surface area contributed by atoms with Crippen LogP contribution in [-0.4, -0.2) is 11.0 Å². The molecule has 0 N–H and O–H groups in total. The Labute approximate surface area is 156 Å². The fourth-order valence-electron chi connectivity index (χ4n) is 2.46. The largest absolute Gasteiger partial charge is 0.479 e. The molecule has 0 aromatic rings. The van der Waals surface area contributed by atoms with E-state index in [-0.39, 0.29) is 19.5 Å². The van der Waals surface area contributed by atoms with Crippen molar-refractivity contribution in [2.24, 2.45) is 0 Å². The first-order valence-electron chi connectivity index (χ1n) is 8.63. The average Bonchev–Trinajstić information content (AvgIpc) is 2.43. The van der Waals surface area contributed by atoms with Crippen molar-refractivity contribution >= 4 is 29.2 Å². The second-order valence-corrected chi connectivity index (χ2v) is 6.79. The van der Waals surface area contributed by atoms with Crippen LogP contribution in [0, 0.1) is 0 Å². The summed E-state index contributed by atoms with van der Waals surface area (Å²) >= 11 is 8.67. The molecule has 0 atom stereocenters. The van der Waals surface area contributed by atoms with Crippen molar-refractivity contribution in [3.05, 3.63) is 0 Å². The maximum Gasteiger partial charge on any atom is 0.216 e. The summed E-state index contributed by atoms with van der Waals surface area (Å²) in [7, 11) is 0. The van der Waals surface area contributed by atoms with Gasteiger partial charge in [0.25, 0.3) is 0 Å². The Bertz CT molecular complexity index is 213. The summed E-state index contributed by atoms with van der Waals surface area (Å²) < 4.78 is 5.52. The molecule has 0 saturated carbocycles. The van der Waals surface area contributed by atoms with Gasteiger partial charge in [0, 0.05) is 19.5 Å². The molecule has 0 aromatic heterocycles. The van der Waals surface area contributed by atoms with Gasteiger partial charge in [0.15, 0.2) is 0 Å². The summed E-state index contributed by atoms with van der Waals surface area (Å²) in [6.07, 6.45) is 19.4. The molecule has 0 unspecified atom stereocenters. The van der Waals surface area contributed by atoms with Crippen molar-refractivity contribution in [1.29, 1.82) is 0 Å². The molecular weight excluding hydrogens is 350 g/mol. The number of thiol groups is 1. The minimum absolute atomic E-state index is 0. The third kappa shape index (κ3) is 23.3. The SMILES string of the molecule is CCCCCCCCCCCCCCCCOC(=S)S.[Zn]. The molecule has 1 nitrogen and oxygen atoms in total. The number of ether oxygens (including phenoxy) is 1. The fourth-order valence-corrected chi connectivity index (χ4v) is 2.63. The van der Waals surface area contributed by atoms with Gasteiger partial charge in [-0.3, -0.25) is 0 Å². The first-order valence-corrected chi connectivity index (χ1v) is 9.48. The van der Waals surface area contributed by atoms with Crippen LogP contribution in [0.25, 0.3) is 0 Å². The Kier molecular flexibility index (Phi) is 24.0. The van der Waals surface area contributed by atoms with Crippen LogP contribution in [0.2, 0.25) is 0 Å². The number of thiocarbonyl (C=S) groups is 1. The van der Waals surface area contributed by atoms with E-state index in [1.54, 1.807) is 0 Å². The first kappa shape index (κ1) is 24.1. The molecule has 0 aliphatic heterocycles. The molecule has 0 amide bonds. The zero-order valence-electron chi connectivity index (χ0n) is 14.1. The van der Waals surface area contributed by atoms with Gasteiger partial charge in [-0.05, 0) is 18.6 Å². The summed E-state index contributed by atoms with van der Waals surface area (Å²) in [6.45, 7) is 3.02. The van der Waals surface area contributed by atoms with Gasteiger partial charge in [-0.15, -0.1) is 0 Å². The smallest absolute Gasteiger partial charge is 0.216 e. The number of rotatable bonds is 15. The molecule has 0 aromatic carbocycles. The van der Waals surface area contributed by atoms with E-state index in [9.17, 15) is 0 Å². The molecule has 0 rings (SSSR count). The van der Waals surface area contributed by atoms with Gasteiger partial charge < -0.3 is 4.74 Å². The van der Waals surface area contributed by atoms with Crippen molar-refractivity contribution in [2.75, 3.05) is 6.61 Å². The van der Waals surface area contributed by atoms with E-state index >= 15 is 0 Å². The number of hydrogen-bond acceptors (Lipinski definition) is 2. The Morgan fingerprint density at radius 3 is 1.38 bits per heavy atom. The quantitative estimate of drug-likeness (QED) is 0.146. The summed E-state index contributed by atoms with van der Waals surface area (Å²) in [5, 5.41) is 0. The maximum atomic E-state index is 5.14. The molecular formula is C17H34OS2Zn. The predicted octanol–water partition coefficient (Wildman–Crippen LogP) is 6.70. The monoisotopic (exact) mass is 382 g/mol. The Morgan fingerprint density at radius 1 is 0.714 bits per heavy atom. The Hall–Kier alpha value is 0.863. The minimum atomic E-state index is 0. The molecule has 0 spiro atoms. The van der Waals surface area contributed by atoms with E-state index in [0.29, 0.717) is 4.38 Å². The predicted molar refractivity (Wildman–Crippen MR) is 97.8 cm³/mol. The maximum absolute atomic E-state index is 5.14. The Balaban J connectivity index is 0. The van der Waals surface area contributed by atoms with E-state index in [0.717, 1.165) is 13.0 Å².